The summed E-state index contributed by atoms with van der Waals surface area (Å²) >= 11 is 5.82. The molecule has 6 nitrogen and oxygen atoms in total. The zero-order valence-corrected chi connectivity index (χ0v) is 9.31. The third-order valence-corrected chi connectivity index (χ3v) is 2.14. The molecule has 0 radical (unpaired) electrons. The van der Waals surface area contributed by atoms with Gasteiger partial charge in [0.25, 0.3) is 0 Å². The second-order valence-corrected chi connectivity index (χ2v) is 3.44. The average molecular weight is 251 g/mol. The molecule has 0 fully saturated rings. The molecule has 0 aliphatic carbocycles. The Morgan fingerprint density at radius 3 is 3.00 bits per heavy atom. The number of carbonyl (C=O) groups excluding carboxylic acids is 1. The predicted octanol–water partition coefficient (Wildman–Crippen LogP) is 1.61. The fourth-order valence-corrected chi connectivity index (χ4v) is 1.35. The maximum atomic E-state index is 11.2. The largest absolute Gasteiger partial charge is 0.423 e. The van der Waals surface area contributed by atoms with E-state index in [4.69, 9.17) is 16.3 Å². The smallest absolute Gasteiger partial charge is 0.335 e. The van der Waals surface area contributed by atoms with Crippen LogP contribution < -0.4 is 4.74 Å². The lowest BCUT2D eigenvalue weighted by Gasteiger charge is -2.06. The van der Waals surface area contributed by atoms with Crippen LogP contribution in [0.5, 0.6) is 5.75 Å². The number of ether oxygens (including phenoxy) is 1. The van der Waals surface area contributed by atoms with Crippen LogP contribution in [0, 0.1) is 0 Å². The first-order valence-electron chi connectivity index (χ1n) is 4.58. The lowest BCUT2D eigenvalue weighted by atomic mass is 10.2. The Balaban J connectivity index is 2.44. The molecule has 2 aromatic rings. The van der Waals surface area contributed by atoms with Crippen molar-refractivity contribution in [3.05, 3.63) is 35.9 Å². The van der Waals surface area contributed by atoms with E-state index < -0.39 is 5.97 Å². The highest BCUT2D eigenvalue weighted by molar-refractivity contribution is 6.30. The van der Waals surface area contributed by atoms with Crippen molar-refractivity contribution in [2.75, 3.05) is 0 Å². The number of nitrogens with one attached hydrogen (secondary N) is 1. The number of hydrogen-bond acceptors (Lipinski definition) is 5. The molecule has 0 saturated heterocycles. The Hall–Kier alpha value is -2.21. The van der Waals surface area contributed by atoms with Crippen molar-refractivity contribution in [1.29, 1.82) is 0 Å². The van der Waals surface area contributed by atoms with Crippen molar-refractivity contribution in [3.8, 4) is 17.1 Å². The molecule has 1 aromatic heterocycles. The van der Waals surface area contributed by atoms with Gasteiger partial charge >= 0.3 is 5.97 Å². The number of hydrogen-bond donors (Lipinski definition) is 1. The molecule has 0 atom stereocenters. The van der Waals surface area contributed by atoms with Gasteiger partial charge in [-0.05, 0) is 17.3 Å². The Labute approximate surface area is 101 Å². The van der Waals surface area contributed by atoms with Crippen LogP contribution in [0.15, 0.2) is 30.9 Å². The summed E-state index contributed by atoms with van der Waals surface area (Å²) in [7, 11) is 0. The Bertz CT molecular complexity index is 553. The van der Waals surface area contributed by atoms with Crippen molar-refractivity contribution in [2.24, 2.45) is 0 Å². The van der Waals surface area contributed by atoms with E-state index in [2.05, 4.69) is 27.2 Å². The molecule has 0 saturated carbocycles. The Morgan fingerprint density at radius 2 is 2.35 bits per heavy atom. The maximum absolute atomic E-state index is 11.2. The number of aromatic nitrogens is 4. The van der Waals surface area contributed by atoms with Gasteiger partial charge in [-0.25, -0.2) is 4.79 Å². The minimum atomic E-state index is -0.586. The number of halogens is 1. The standard InChI is InChI=1S/C10H7ClN4O2/c1-2-9(16)17-8-5-6(11)3-4-7(8)10-12-14-15-13-10/h2-5H,1H2,(H,12,13,14,15). The van der Waals surface area contributed by atoms with E-state index in [0.29, 0.717) is 16.4 Å². The van der Waals surface area contributed by atoms with Gasteiger partial charge in [0.05, 0.1) is 5.56 Å². The molecular formula is C10H7ClN4O2. The van der Waals surface area contributed by atoms with Crippen molar-refractivity contribution in [3.63, 3.8) is 0 Å². The molecule has 0 amide bonds. The topological polar surface area (TPSA) is 80.8 Å². The molecule has 17 heavy (non-hydrogen) atoms. The summed E-state index contributed by atoms with van der Waals surface area (Å²) in [6.07, 6.45) is 1.06. The zero-order chi connectivity index (χ0) is 12.3. The molecule has 0 unspecified atom stereocenters. The third kappa shape index (κ3) is 2.48. The van der Waals surface area contributed by atoms with E-state index in [1.807, 2.05) is 0 Å². The molecule has 1 N–H and O–H groups in total. The summed E-state index contributed by atoms with van der Waals surface area (Å²) in [5.41, 5.74) is 0.512. The summed E-state index contributed by atoms with van der Waals surface area (Å²) in [4.78, 5) is 11.2. The number of aromatic amines is 1. The van der Waals surface area contributed by atoms with E-state index in [9.17, 15) is 4.79 Å². The van der Waals surface area contributed by atoms with Gasteiger partial charge in [-0.3, -0.25) is 0 Å². The number of esters is 1. The molecular weight excluding hydrogens is 244 g/mol. The summed E-state index contributed by atoms with van der Waals surface area (Å²) < 4.78 is 5.04. The summed E-state index contributed by atoms with van der Waals surface area (Å²) in [5.74, 6) is -0.0191. The van der Waals surface area contributed by atoms with Crippen molar-refractivity contribution >= 4 is 17.6 Å². The van der Waals surface area contributed by atoms with Crippen LogP contribution in [0.2, 0.25) is 5.02 Å². The first kappa shape index (κ1) is 11.3. The SMILES string of the molecule is C=CC(=O)Oc1cc(Cl)ccc1-c1nn[nH]n1. The number of nitrogens with zero attached hydrogens (tertiary/aromatic N) is 3. The number of benzene rings is 1. The van der Waals surface area contributed by atoms with E-state index in [1.165, 1.54) is 6.07 Å². The van der Waals surface area contributed by atoms with Crippen LogP contribution in [0.4, 0.5) is 0 Å². The summed E-state index contributed by atoms with van der Waals surface area (Å²) in [6.45, 7) is 3.31. The van der Waals surface area contributed by atoms with E-state index in [0.717, 1.165) is 6.08 Å². The second-order valence-electron chi connectivity index (χ2n) is 3.00. The normalized spacial score (nSPS) is 9.94. The molecule has 0 aliphatic heterocycles. The minimum absolute atomic E-state index is 0.254. The quantitative estimate of drug-likeness (QED) is 0.508. The van der Waals surface area contributed by atoms with E-state index in [-0.39, 0.29) is 5.75 Å². The number of tetrazole rings is 1. The molecule has 86 valence electrons. The van der Waals surface area contributed by atoms with Crippen LogP contribution in [0.25, 0.3) is 11.4 Å². The molecule has 0 aliphatic rings. The van der Waals surface area contributed by atoms with Crippen molar-refractivity contribution in [2.45, 2.75) is 0 Å². The van der Waals surface area contributed by atoms with Gasteiger partial charge < -0.3 is 4.74 Å². The highest BCUT2D eigenvalue weighted by Crippen LogP contribution is 2.30. The van der Waals surface area contributed by atoms with Crippen LogP contribution in [-0.2, 0) is 4.79 Å². The number of rotatable bonds is 3. The van der Waals surface area contributed by atoms with Crippen LogP contribution in [-0.4, -0.2) is 26.6 Å². The first-order valence-corrected chi connectivity index (χ1v) is 4.96. The third-order valence-electron chi connectivity index (χ3n) is 1.91. The van der Waals surface area contributed by atoms with Gasteiger partial charge in [-0.1, -0.05) is 18.2 Å². The predicted molar refractivity (Wildman–Crippen MR) is 60.5 cm³/mol. The van der Waals surface area contributed by atoms with Gasteiger partial charge in [0.15, 0.2) is 0 Å². The molecule has 0 spiro atoms. The minimum Gasteiger partial charge on any atom is -0.423 e. The first-order chi connectivity index (χ1) is 8.20. The summed E-state index contributed by atoms with van der Waals surface area (Å²) in [5, 5.41) is 13.8. The Kier molecular flexibility index (Phi) is 3.15. The van der Waals surface area contributed by atoms with Gasteiger partial charge in [0, 0.05) is 17.2 Å². The van der Waals surface area contributed by atoms with Crippen molar-refractivity contribution in [1.82, 2.24) is 20.6 Å². The lowest BCUT2D eigenvalue weighted by molar-refractivity contribution is -0.128. The zero-order valence-electron chi connectivity index (χ0n) is 8.55. The Morgan fingerprint density at radius 1 is 1.53 bits per heavy atom. The molecule has 1 aromatic carbocycles. The molecule has 7 heteroatoms. The van der Waals surface area contributed by atoms with Crippen LogP contribution in [0.3, 0.4) is 0 Å². The van der Waals surface area contributed by atoms with Crippen LogP contribution >= 0.6 is 11.6 Å². The molecule has 0 bridgehead atoms. The van der Waals surface area contributed by atoms with Gasteiger partial charge in [0.2, 0.25) is 5.82 Å². The van der Waals surface area contributed by atoms with Crippen molar-refractivity contribution < 1.29 is 9.53 Å². The van der Waals surface area contributed by atoms with Gasteiger partial charge in [-0.15, -0.1) is 10.2 Å². The number of H-pyrrole nitrogens is 1. The molecule has 1 heterocycles. The highest BCUT2D eigenvalue weighted by atomic mass is 35.5. The maximum Gasteiger partial charge on any atom is 0.335 e. The average Bonchev–Trinajstić information content (AvgIpc) is 2.82. The monoisotopic (exact) mass is 250 g/mol. The lowest BCUT2D eigenvalue weighted by Crippen LogP contribution is -2.04. The second kappa shape index (κ2) is 4.75. The highest BCUT2D eigenvalue weighted by Gasteiger charge is 2.13. The van der Waals surface area contributed by atoms with E-state index in [1.54, 1.807) is 12.1 Å². The fraction of sp³-hybridized carbons (Fsp3) is 0. The molecule has 2 rings (SSSR count). The summed E-state index contributed by atoms with van der Waals surface area (Å²) in [6, 6.07) is 4.77. The van der Waals surface area contributed by atoms with Crippen LogP contribution in [0.1, 0.15) is 0 Å². The van der Waals surface area contributed by atoms with E-state index >= 15 is 0 Å². The fourth-order valence-electron chi connectivity index (χ4n) is 1.19. The van der Waals surface area contributed by atoms with Gasteiger partial charge in [0.1, 0.15) is 5.75 Å². The van der Waals surface area contributed by atoms with Gasteiger partial charge in [-0.2, -0.15) is 5.21 Å². The number of carbonyl (C=O) groups is 1.